The Morgan fingerprint density at radius 2 is 2.03 bits per heavy atom. The summed E-state index contributed by atoms with van der Waals surface area (Å²) in [5.74, 6) is 0.909. The zero-order chi connectivity index (χ0) is 25.1. The Morgan fingerprint density at radius 1 is 1.22 bits per heavy atom. The fraction of sp³-hybridized carbons (Fsp3) is 0.462. The van der Waals surface area contributed by atoms with E-state index < -0.39 is 0 Å². The van der Waals surface area contributed by atoms with Gasteiger partial charge in [0.15, 0.2) is 5.76 Å². The number of rotatable bonds is 10. The number of nitrogens with zero attached hydrogens (tertiary/aromatic N) is 5. The molecule has 0 spiro atoms. The molecule has 2 amide bonds. The van der Waals surface area contributed by atoms with Gasteiger partial charge in [-0.25, -0.2) is 0 Å². The Labute approximate surface area is 210 Å². The minimum Gasteiger partial charge on any atom is -0.370 e. The Morgan fingerprint density at radius 3 is 2.78 bits per heavy atom. The summed E-state index contributed by atoms with van der Waals surface area (Å²) in [5, 5.41) is 11.7. The summed E-state index contributed by atoms with van der Waals surface area (Å²) in [6.07, 6.45) is 6.32. The predicted molar refractivity (Wildman–Crippen MR) is 133 cm³/mol. The molecule has 5 rings (SSSR count). The van der Waals surface area contributed by atoms with Crippen molar-refractivity contribution >= 4 is 17.5 Å². The number of amides is 2. The second-order valence-electron chi connectivity index (χ2n) is 9.79. The summed E-state index contributed by atoms with van der Waals surface area (Å²) < 4.78 is 13.4. The molecule has 10 nitrogen and oxygen atoms in total. The summed E-state index contributed by atoms with van der Waals surface area (Å²) in [6.45, 7) is 1.76. The molecule has 10 heteroatoms. The van der Waals surface area contributed by atoms with Gasteiger partial charge in [-0.2, -0.15) is 5.10 Å². The van der Waals surface area contributed by atoms with Crippen LogP contribution in [-0.2, 0) is 20.9 Å². The number of likely N-dealkylation sites (tertiary alicyclic amines) is 1. The first kappa shape index (κ1) is 24.2. The third kappa shape index (κ3) is 5.83. The molecule has 2 aromatic heterocycles. The summed E-state index contributed by atoms with van der Waals surface area (Å²) in [7, 11) is 3.43. The van der Waals surface area contributed by atoms with Crippen molar-refractivity contribution in [1.82, 2.24) is 24.7 Å². The molecule has 1 saturated carbocycles. The van der Waals surface area contributed by atoms with Gasteiger partial charge in [0.05, 0.1) is 31.1 Å². The van der Waals surface area contributed by atoms with Crippen LogP contribution in [-0.4, -0.2) is 76.4 Å². The molecule has 0 bridgehead atoms. The van der Waals surface area contributed by atoms with E-state index >= 15 is 0 Å². The van der Waals surface area contributed by atoms with Crippen LogP contribution in [0.2, 0.25) is 0 Å². The maximum absolute atomic E-state index is 12.1. The molecule has 0 radical (unpaired) electrons. The number of anilines is 1. The predicted octanol–water partition coefficient (Wildman–Crippen LogP) is 2.81. The number of aromatic nitrogens is 3. The van der Waals surface area contributed by atoms with Gasteiger partial charge in [-0.15, -0.1) is 0 Å². The highest BCUT2D eigenvalue weighted by Gasteiger charge is 2.35. The Hall–Kier alpha value is -3.50. The Balaban J connectivity index is 1.26. The average molecular weight is 493 g/mol. The second kappa shape index (κ2) is 10.6. The molecule has 1 aliphatic heterocycles. The van der Waals surface area contributed by atoms with Crippen molar-refractivity contribution in [2.24, 2.45) is 5.92 Å². The Kier molecular flexibility index (Phi) is 7.15. The van der Waals surface area contributed by atoms with Gasteiger partial charge in [0.2, 0.25) is 11.8 Å². The van der Waals surface area contributed by atoms with Crippen LogP contribution in [0.4, 0.5) is 5.69 Å². The minimum absolute atomic E-state index is 0.0432. The van der Waals surface area contributed by atoms with E-state index in [1.54, 1.807) is 20.3 Å². The molecule has 1 aromatic carbocycles. The van der Waals surface area contributed by atoms with Gasteiger partial charge < -0.3 is 19.5 Å². The number of hydrogen-bond donors (Lipinski definition) is 1. The molecule has 2 aliphatic rings. The molecule has 1 N–H and O–H groups in total. The molecule has 1 saturated heterocycles. The van der Waals surface area contributed by atoms with E-state index in [2.05, 4.69) is 20.5 Å². The highest BCUT2D eigenvalue weighted by molar-refractivity contribution is 5.93. The highest BCUT2D eigenvalue weighted by Crippen LogP contribution is 2.32. The van der Waals surface area contributed by atoms with Gasteiger partial charge in [0, 0.05) is 50.4 Å². The van der Waals surface area contributed by atoms with E-state index in [-0.39, 0.29) is 36.4 Å². The topological polar surface area (TPSA) is 106 Å². The molecule has 190 valence electrons. The lowest BCUT2D eigenvalue weighted by Crippen LogP contribution is -2.34. The van der Waals surface area contributed by atoms with Crippen molar-refractivity contribution in [3.8, 4) is 11.3 Å². The lowest BCUT2D eigenvalue weighted by Gasteiger charge is -2.22. The van der Waals surface area contributed by atoms with Gasteiger partial charge in [-0.05, 0) is 19.3 Å². The normalized spacial score (nSPS) is 19.9. The van der Waals surface area contributed by atoms with Gasteiger partial charge in [0.1, 0.15) is 12.3 Å². The van der Waals surface area contributed by atoms with Gasteiger partial charge in [-0.1, -0.05) is 35.5 Å². The molecule has 3 aromatic rings. The van der Waals surface area contributed by atoms with E-state index in [0.29, 0.717) is 13.2 Å². The quantitative estimate of drug-likeness (QED) is 0.464. The van der Waals surface area contributed by atoms with Crippen LogP contribution in [0, 0.1) is 5.92 Å². The first-order chi connectivity index (χ1) is 17.5. The van der Waals surface area contributed by atoms with Crippen LogP contribution < -0.4 is 5.32 Å². The molecule has 36 heavy (non-hydrogen) atoms. The molecule has 3 heterocycles. The molecular formula is C26H32N6O4. The first-order valence-corrected chi connectivity index (χ1v) is 12.3. The van der Waals surface area contributed by atoms with Gasteiger partial charge in [0.25, 0.3) is 0 Å². The molecule has 1 aliphatic carbocycles. The van der Waals surface area contributed by atoms with Crippen molar-refractivity contribution in [3.05, 3.63) is 54.6 Å². The third-order valence-electron chi connectivity index (χ3n) is 6.72. The van der Waals surface area contributed by atoms with Crippen molar-refractivity contribution in [1.29, 1.82) is 0 Å². The number of nitrogens with one attached hydrogen (secondary N) is 1. The first-order valence-electron chi connectivity index (χ1n) is 12.3. The monoisotopic (exact) mass is 492 g/mol. The lowest BCUT2D eigenvalue weighted by atomic mass is 10.1. The van der Waals surface area contributed by atoms with E-state index in [9.17, 15) is 9.59 Å². The molecule has 2 fully saturated rings. The second-order valence-corrected chi connectivity index (χ2v) is 9.79. The zero-order valence-corrected chi connectivity index (χ0v) is 20.7. The number of benzene rings is 1. The molecule has 0 unspecified atom stereocenters. The fourth-order valence-corrected chi connectivity index (χ4v) is 4.45. The number of ether oxygens (including phenoxy) is 1. The highest BCUT2D eigenvalue weighted by atomic mass is 16.5. The van der Waals surface area contributed by atoms with E-state index in [1.807, 2.05) is 47.3 Å². The Bertz CT molecular complexity index is 1190. The molecule has 2 atom stereocenters. The minimum atomic E-state index is -0.0676. The summed E-state index contributed by atoms with van der Waals surface area (Å²) in [5.41, 5.74) is 2.53. The van der Waals surface area contributed by atoms with Crippen LogP contribution in [0.15, 0.2) is 53.3 Å². The van der Waals surface area contributed by atoms with Crippen molar-refractivity contribution in [2.75, 3.05) is 39.2 Å². The van der Waals surface area contributed by atoms with Crippen LogP contribution in [0.25, 0.3) is 11.3 Å². The lowest BCUT2D eigenvalue weighted by molar-refractivity contribution is -0.134. The van der Waals surface area contributed by atoms with Crippen LogP contribution >= 0.6 is 0 Å². The van der Waals surface area contributed by atoms with E-state index in [4.69, 9.17) is 9.26 Å². The smallest absolute Gasteiger partial charge is 0.248 e. The fourth-order valence-electron chi connectivity index (χ4n) is 4.45. The standard InChI is InChI=1S/C26H32N6O4/c1-30(2)25(33)17-35-16-22-10-21(32-13-20(12-27-32)28-26(34)19-8-9-19)14-31(22)15-23-11-24(29-36-23)18-6-4-3-5-7-18/h3-7,11-13,19,21-22H,8-10,14-17H2,1-2H3,(H,28,34)/t21-,22-/m0/s1. The van der Waals surface area contributed by atoms with Gasteiger partial charge in [-0.3, -0.25) is 19.2 Å². The third-order valence-corrected chi connectivity index (χ3v) is 6.72. The summed E-state index contributed by atoms with van der Waals surface area (Å²) >= 11 is 0. The number of likely N-dealkylation sites (N-methyl/N-ethyl adjacent to an activating group) is 1. The van der Waals surface area contributed by atoms with E-state index in [1.165, 1.54) is 4.90 Å². The summed E-state index contributed by atoms with van der Waals surface area (Å²) in [4.78, 5) is 27.9. The number of carbonyl (C=O) groups excluding carboxylic acids is 2. The maximum atomic E-state index is 12.1. The number of hydrogen-bond acceptors (Lipinski definition) is 7. The largest absolute Gasteiger partial charge is 0.370 e. The SMILES string of the molecule is CN(C)C(=O)COC[C@@H]1C[C@H](n2cc(NC(=O)C3CC3)cn2)CN1Cc1cc(-c2ccccc2)no1. The van der Waals surface area contributed by atoms with Crippen molar-refractivity contribution in [3.63, 3.8) is 0 Å². The average Bonchev–Trinajstić information content (AvgIpc) is 3.25. The molecular weight excluding hydrogens is 460 g/mol. The van der Waals surface area contributed by atoms with Crippen LogP contribution in [0.5, 0.6) is 0 Å². The van der Waals surface area contributed by atoms with Crippen molar-refractivity contribution in [2.45, 2.75) is 37.9 Å². The van der Waals surface area contributed by atoms with Gasteiger partial charge >= 0.3 is 0 Å². The van der Waals surface area contributed by atoms with E-state index in [0.717, 1.165) is 48.5 Å². The zero-order valence-electron chi connectivity index (χ0n) is 20.7. The summed E-state index contributed by atoms with van der Waals surface area (Å²) in [6, 6.07) is 12.1. The maximum Gasteiger partial charge on any atom is 0.248 e. The van der Waals surface area contributed by atoms with Crippen LogP contribution in [0.1, 0.15) is 31.1 Å². The van der Waals surface area contributed by atoms with Crippen molar-refractivity contribution < 1.29 is 18.8 Å². The van der Waals surface area contributed by atoms with Crippen LogP contribution in [0.3, 0.4) is 0 Å². The number of carbonyl (C=O) groups is 2.